The van der Waals surface area contributed by atoms with Crippen molar-refractivity contribution in [3.63, 3.8) is 0 Å². The first-order chi connectivity index (χ1) is 7.05. The highest BCUT2D eigenvalue weighted by atomic mass is 32.1. The van der Waals surface area contributed by atoms with Gasteiger partial charge in [0.25, 0.3) is 0 Å². The zero-order valence-electron chi connectivity index (χ0n) is 9.92. The van der Waals surface area contributed by atoms with Crippen LogP contribution in [0.25, 0.3) is 0 Å². The summed E-state index contributed by atoms with van der Waals surface area (Å²) in [4.78, 5) is 1.42. The predicted molar refractivity (Wildman–Crippen MR) is 67.1 cm³/mol. The minimum Gasteiger partial charge on any atom is -0.320 e. The molecular weight excluding hydrogens is 202 g/mol. The molecule has 0 saturated heterocycles. The maximum Gasteiger partial charge on any atom is 0.0534 e. The molecule has 0 spiro atoms. The second-order valence-electron chi connectivity index (χ2n) is 5.13. The summed E-state index contributed by atoms with van der Waals surface area (Å²) in [6, 6.07) is 2.20. The fourth-order valence-electron chi connectivity index (χ4n) is 2.87. The first kappa shape index (κ1) is 11.2. The average Bonchev–Trinajstić information content (AvgIpc) is 2.61. The number of nitrogens with two attached hydrogens (primary N) is 1. The van der Waals surface area contributed by atoms with Crippen molar-refractivity contribution < 1.29 is 0 Å². The zero-order chi connectivity index (χ0) is 11.1. The summed E-state index contributed by atoms with van der Waals surface area (Å²) < 4.78 is 0. The second kappa shape index (κ2) is 3.91. The fourth-order valence-corrected chi connectivity index (χ4v) is 4.04. The molecule has 3 atom stereocenters. The van der Waals surface area contributed by atoms with Gasteiger partial charge in [-0.2, -0.15) is 0 Å². The van der Waals surface area contributed by atoms with Gasteiger partial charge >= 0.3 is 0 Å². The molecule has 2 N–H and O–H groups in total. The Bertz CT molecular complexity index is 344. The smallest absolute Gasteiger partial charge is 0.0534 e. The van der Waals surface area contributed by atoms with Crippen molar-refractivity contribution in [2.75, 3.05) is 0 Å². The van der Waals surface area contributed by atoms with Crippen LogP contribution >= 0.6 is 11.3 Å². The molecule has 1 aliphatic rings. The van der Waals surface area contributed by atoms with Crippen LogP contribution in [0.5, 0.6) is 0 Å². The molecule has 15 heavy (non-hydrogen) atoms. The molecule has 0 amide bonds. The van der Waals surface area contributed by atoms with Gasteiger partial charge in [0.2, 0.25) is 0 Å². The van der Waals surface area contributed by atoms with Crippen molar-refractivity contribution in [3.05, 3.63) is 21.9 Å². The molecule has 84 valence electrons. The Hall–Kier alpha value is -0.340. The van der Waals surface area contributed by atoms with Crippen molar-refractivity contribution in [2.45, 2.75) is 45.6 Å². The average molecular weight is 223 g/mol. The molecule has 2 rings (SSSR count). The predicted octanol–water partition coefficient (Wildman–Crippen LogP) is 3.67. The highest BCUT2D eigenvalue weighted by Gasteiger charge is 2.41. The third-order valence-corrected chi connectivity index (χ3v) is 5.41. The standard InChI is InChI=1S/C13H21NS/c1-9-5-4-7-13(14,11(9)3)12-10(2)6-8-15-12/h6,8-9,11H,4-5,7,14H2,1-3H3. The van der Waals surface area contributed by atoms with Crippen molar-refractivity contribution in [2.24, 2.45) is 17.6 Å². The number of thiophene rings is 1. The zero-order valence-corrected chi connectivity index (χ0v) is 10.7. The van der Waals surface area contributed by atoms with Crippen molar-refractivity contribution in [3.8, 4) is 0 Å². The quantitative estimate of drug-likeness (QED) is 0.772. The molecule has 0 bridgehead atoms. The van der Waals surface area contributed by atoms with Crippen LogP contribution in [0.15, 0.2) is 11.4 Å². The normalized spacial score (nSPS) is 36.8. The van der Waals surface area contributed by atoms with Gasteiger partial charge < -0.3 is 5.73 Å². The molecular formula is C13H21NS. The number of hydrogen-bond donors (Lipinski definition) is 1. The third kappa shape index (κ3) is 1.74. The van der Waals surface area contributed by atoms with Crippen molar-refractivity contribution >= 4 is 11.3 Å². The summed E-state index contributed by atoms with van der Waals surface area (Å²) in [5, 5.41) is 2.17. The Balaban J connectivity index is 2.36. The van der Waals surface area contributed by atoms with Crippen LogP contribution in [0.1, 0.15) is 43.6 Å². The maximum atomic E-state index is 6.67. The topological polar surface area (TPSA) is 26.0 Å². The van der Waals surface area contributed by atoms with E-state index >= 15 is 0 Å². The summed E-state index contributed by atoms with van der Waals surface area (Å²) >= 11 is 1.84. The fraction of sp³-hybridized carbons (Fsp3) is 0.692. The van der Waals surface area contributed by atoms with E-state index < -0.39 is 0 Å². The van der Waals surface area contributed by atoms with Crippen LogP contribution in [-0.4, -0.2) is 0 Å². The van der Waals surface area contributed by atoms with Crippen molar-refractivity contribution in [1.82, 2.24) is 0 Å². The molecule has 1 aromatic rings. The van der Waals surface area contributed by atoms with E-state index in [0.717, 1.165) is 12.3 Å². The highest BCUT2D eigenvalue weighted by Crippen LogP contribution is 2.45. The van der Waals surface area contributed by atoms with E-state index in [1.165, 1.54) is 23.3 Å². The van der Waals surface area contributed by atoms with Gasteiger partial charge in [0.15, 0.2) is 0 Å². The Kier molecular flexibility index (Phi) is 2.91. The van der Waals surface area contributed by atoms with E-state index in [4.69, 9.17) is 5.73 Å². The molecule has 1 fully saturated rings. The number of hydrogen-bond acceptors (Lipinski definition) is 2. The summed E-state index contributed by atoms with van der Waals surface area (Å²) in [5.74, 6) is 1.36. The molecule has 1 aromatic heterocycles. The Morgan fingerprint density at radius 3 is 2.80 bits per heavy atom. The Morgan fingerprint density at radius 2 is 2.20 bits per heavy atom. The summed E-state index contributed by atoms with van der Waals surface area (Å²) in [6.45, 7) is 6.85. The van der Waals surface area contributed by atoms with Gasteiger partial charge in [-0.1, -0.05) is 26.7 Å². The van der Waals surface area contributed by atoms with E-state index in [1.807, 2.05) is 11.3 Å². The SMILES string of the molecule is Cc1ccsc1C1(N)CCCC(C)C1C. The summed E-state index contributed by atoms with van der Waals surface area (Å²) in [6.07, 6.45) is 3.77. The van der Waals surface area contributed by atoms with Gasteiger partial charge in [0.1, 0.15) is 0 Å². The lowest BCUT2D eigenvalue weighted by Crippen LogP contribution is -2.47. The van der Waals surface area contributed by atoms with Crippen LogP contribution in [0, 0.1) is 18.8 Å². The molecule has 0 radical (unpaired) electrons. The van der Waals surface area contributed by atoms with Crippen molar-refractivity contribution in [1.29, 1.82) is 0 Å². The number of aryl methyl sites for hydroxylation is 1. The first-order valence-corrected chi connectivity index (χ1v) is 6.77. The van der Waals surface area contributed by atoms with E-state index in [0.29, 0.717) is 5.92 Å². The monoisotopic (exact) mass is 223 g/mol. The lowest BCUT2D eigenvalue weighted by atomic mass is 9.68. The Morgan fingerprint density at radius 1 is 1.47 bits per heavy atom. The molecule has 1 aliphatic carbocycles. The largest absolute Gasteiger partial charge is 0.320 e. The molecule has 2 heteroatoms. The lowest BCUT2D eigenvalue weighted by Gasteiger charge is -2.43. The van der Waals surface area contributed by atoms with Crippen LogP contribution in [0.4, 0.5) is 0 Å². The van der Waals surface area contributed by atoms with Crippen LogP contribution in [0.3, 0.4) is 0 Å². The summed E-state index contributed by atoms with van der Waals surface area (Å²) in [5.41, 5.74) is 7.99. The van der Waals surface area contributed by atoms with Gasteiger partial charge in [-0.15, -0.1) is 11.3 Å². The van der Waals surface area contributed by atoms with Crippen LogP contribution in [-0.2, 0) is 5.54 Å². The highest BCUT2D eigenvalue weighted by molar-refractivity contribution is 7.10. The minimum absolute atomic E-state index is 0.0596. The second-order valence-corrected chi connectivity index (χ2v) is 6.05. The van der Waals surface area contributed by atoms with Gasteiger partial charge in [-0.05, 0) is 42.2 Å². The minimum atomic E-state index is -0.0596. The van der Waals surface area contributed by atoms with E-state index in [2.05, 4.69) is 32.2 Å². The molecule has 1 heterocycles. The molecule has 3 unspecified atom stereocenters. The van der Waals surface area contributed by atoms with Crippen LogP contribution < -0.4 is 5.73 Å². The molecule has 1 saturated carbocycles. The Labute approximate surface area is 96.7 Å². The van der Waals surface area contributed by atoms with E-state index in [1.54, 1.807) is 0 Å². The third-order valence-electron chi connectivity index (χ3n) is 4.20. The first-order valence-electron chi connectivity index (χ1n) is 5.89. The maximum absolute atomic E-state index is 6.67. The summed E-state index contributed by atoms with van der Waals surface area (Å²) in [7, 11) is 0. The van der Waals surface area contributed by atoms with Gasteiger partial charge in [-0.3, -0.25) is 0 Å². The number of rotatable bonds is 1. The molecule has 1 nitrogen and oxygen atoms in total. The van der Waals surface area contributed by atoms with Crippen LogP contribution in [0.2, 0.25) is 0 Å². The molecule has 0 aliphatic heterocycles. The van der Waals surface area contributed by atoms with Gasteiger partial charge in [0, 0.05) is 4.88 Å². The van der Waals surface area contributed by atoms with Gasteiger partial charge in [0.05, 0.1) is 5.54 Å². The molecule has 0 aromatic carbocycles. The lowest BCUT2D eigenvalue weighted by molar-refractivity contribution is 0.146. The van der Waals surface area contributed by atoms with E-state index in [9.17, 15) is 0 Å². The van der Waals surface area contributed by atoms with Gasteiger partial charge in [-0.25, -0.2) is 0 Å². The van der Waals surface area contributed by atoms with E-state index in [-0.39, 0.29) is 5.54 Å².